The molecule has 1 saturated carbocycles. The number of carbonyl (C=O) groups excluding carboxylic acids is 1. The summed E-state index contributed by atoms with van der Waals surface area (Å²) < 4.78 is 24.4. The number of halogens is 1. The van der Waals surface area contributed by atoms with Crippen LogP contribution in [0, 0.1) is 23.7 Å². The van der Waals surface area contributed by atoms with Gasteiger partial charge in [0, 0.05) is 12.6 Å². The molecule has 1 N–H and O–H groups in total. The van der Waals surface area contributed by atoms with Crippen LogP contribution in [0.25, 0.3) is 0 Å². The molecule has 0 radical (unpaired) electrons. The molecule has 6 nitrogen and oxygen atoms in total. The van der Waals surface area contributed by atoms with E-state index in [1.54, 1.807) is 6.08 Å². The van der Waals surface area contributed by atoms with E-state index in [0.717, 1.165) is 32.2 Å². The molecule has 0 aromatic rings. The summed E-state index contributed by atoms with van der Waals surface area (Å²) in [7, 11) is 1.41. The number of aliphatic carboxylic acids is 1. The molecule has 0 aromatic carbocycles. The highest BCUT2D eigenvalue weighted by molar-refractivity contribution is 5.78. The fraction of sp³-hybridized carbons (Fsp3) is 0.727. The van der Waals surface area contributed by atoms with Crippen LogP contribution >= 0.6 is 0 Å². The highest BCUT2D eigenvalue weighted by atomic mass is 19.1. The number of carbonyl (C=O) groups is 2. The predicted molar refractivity (Wildman–Crippen MR) is 104 cm³/mol. The van der Waals surface area contributed by atoms with E-state index in [0.29, 0.717) is 26.0 Å². The minimum absolute atomic E-state index is 0.119. The number of rotatable bonds is 5. The molecule has 0 spiro atoms. The Kier molecular flexibility index (Phi) is 5.80. The topological polar surface area (TPSA) is 76.1 Å². The fourth-order valence-corrected chi connectivity index (χ4v) is 5.45. The summed E-state index contributed by atoms with van der Waals surface area (Å²) in [6.07, 6.45) is 9.54. The molecule has 7 heteroatoms. The van der Waals surface area contributed by atoms with E-state index in [1.165, 1.54) is 13.2 Å². The van der Waals surface area contributed by atoms with Gasteiger partial charge in [0.25, 0.3) is 0 Å². The van der Waals surface area contributed by atoms with E-state index < -0.39 is 11.6 Å². The van der Waals surface area contributed by atoms with Crippen molar-refractivity contribution in [3.05, 3.63) is 24.1 Å². The zero-order valence-electron chi connectivity index (χ0n) is 16.9. The first-order valence-corrected chi connectivity index (χ1v) is 10.7. The third-order valence-corrected chi connectivity index (χ3v) is 7.34. The van der Waals surface area contributed by atoms with Gasteiger partial charge in [-0.2, -0.15) is 0 Å². The molecule has 160 valence electrons. The van der Waals surface area contributed by atoms with Gasteiger partial charge in [-0.05, 0) is 75.0 Å². The van der Waals surface area contributed by atoms with E-state index >= 15 is 0 Å². The van der Waals surface area contributed by atoms with Crippen LogP contribution in [0.3, 0.4) is 0 Å². The highest BCUT2D eigenvalue weighted by Crippen LogP contribution is 2.47. The lowest BCUT2D eigenvalue weighted by molar-refractivity contribution is -0.183. The molecule has 4 aliphatic rings. The molecular weight excluding hydrogens is 377 g/mol. The smallest absolute Gasteiger partial charge is 0.336 e. The van der Waals surface area contributed by atoms with Crippen molar-refractivity contribution < 1.29 is 28.6 Å². The number of nitrogens with zero attached hydrogens (tertiary/aromatic N) is 1. The molecule has 0 aromatic heterocycles. The molecule has 0 amide bonds. The number of carboxylic acid groups (broad SMARTS) is 1. The number of esters is 1. The Hall–Kier alpha value is -1.73. The maximum Gasteiger partial charge on any atom is 0.336 e. The monoisotopic (exact) mass is 407 g/mol. The van der Waals surface area contributed by atoms with Gasteiger partial charge in [0.05, 0.1) is 19.6 Å². The van der Waals surface area contributed by atoms with Crippen LogP contribution in [0.5, 0.6) is 0 Å². The van der Waals surface area contributed by atoms with Crippen LogP contribution < -0.4 is 0 Å². The SMILES string of the molecule is COC(=O)[C@@H]1CN([C@@H]2CC[C@@](C(=O)O)(C3CC3)OC2)CC[C@H]1C1C=CC(F)=CC1. The Balaban J connectivity index is 1.41. The van der Waals surface area contributed by atoms with Crippen molar-refractivity contribution in [2.45, 2.75) is 50.2 Å². The van der Waals surface area contributed by atoms with E-state index in [-0.39, 0.29) is 41.5 Å². The van der Waals surface area contributed by atoms with Crippen molar-refractivity contribution >= 4 is 11.9 Å². The molecule has 3 fully saturated rings. The number of ether oxygens (including phenoxy) is 2. The first-order chi connectivity index (χ1) is 13.9. The Labute approximate surface area is 170 Å². The Bertz CT molecular complexity index is 708. The number of allylic oxidation sites excluding steroid dienone is 4. The fourth-order valence-electron chi connectivity index (χ4n) is 5.45. The summed E-state index contributed by atoms with van der Waals surface area (Å²) in [6.45, 7) is 1.79. The van der Waals surface area contributed by atoms with Gasteiger partial charge < -0.3 is 14.6 Å². The first kappa shape index (κ1) is 20.5. The molecular formula is C22H30FNO5. The first-order valence-electron chi connectivity index (χ1n) is 10.7. The molecule has 0 bridgehead atoms. The Morgan fingerprint density at radius 3 is 2.66 bits per heavy atom. The van der Waals surface area contributed by atoms with E-state index in [4.69, 9.17) is 9.47 Å². The van der Waals surface area contributed by atoms with Gasteiger partial charge >= 0.3 is 11.9 Å². The molecule has 2 aliphatic carbocycles. The number of carboxylic acids is 1. The number of piperidine rings is 1. The standard InChI is InChI=1S/C22H30FNO5/c1-28-20(25)19-12-24(11-9-18(19)14-2-6-16(23)7-3-14)17-8-10-22(21(26)27,29-13-17)15-4-5-15/h2,6-7,14-15,17-19H,3-5,8-13H2,1H3,(H,26,27)/t14?,17-,18+,19-,22+/m1/s1. The van der Waals surface area contributed by atoms with Gasteiger partial charge in [-0.1, -0.05) is 6.08 Å². The lowest BCUT2D eigenvalue weighted by atomic mass is 9.73. The van der Waals surface area contributed by atoms with Crippen molar-refractivity contribution in [3.8, 4) is 0 Å². The van der Waals surface area contributed by atoms with E-state index in [2.05, 4.69) is 4.90 Å². The maximum atomic E-state index is 13.4. The zero-order valence-corrected chi connectivity index (χ0v) is 16.9. The van der Waals surface area contributed by atoms with Crippen LogP contribution in [-0.2, 0) is 19.1 Å². The Morgan fingerprint density at radius 2 is 2.10 bits per heavy atom. The van der Waals surface area contributed by atoms with Crippen molar-refractivity contribution in [2.24, 2.45) is 23.7 Å². The largest absolute Gasteiger partial charge is 0.479 e. The predicted octanol–water partition coefficient (Wildman–Crippen LogP) is 2.94. The summed E-state index contributed by atoms with van der Waals surface area (Å²) in [5.74, 6) is -1.16. The molecule has 4 rings (SSSR count). The van der Waals surface area contributed by atoms with Crippen LogP contribution in [0.2, 0.25) is 0 Å². The van der Waals surface area contributed by atoms with Gasteiger partial charge in [0.15, 0.2) is 5.60 Å². The molecule has 29 heavy (non-hydrogen) atoms. The average molecular weight is 407 g/mol. The van der Waals surface area contributed by atoms with E-state index in [9.17, 15) is 19.1 Å². The van der Waals surface area contributed by atoms with Gasteiger partial charge in [-0.25, -0.2) is 9.18 Å². The number of likely N-dealkylation sites (tertiary alicyclic amines) is 1. The minimum Gasteiger partial charge on any atom is -0.479 e. The second-order valence-electron chi connectivity index (χ2n) is 8.90. The summed E-state index contributed by atoms with van der Waals surface area (Å²) in [5, 5.41) is 9.70. The summed E-state index contributed by atoms with van der Waals surface area (Å²) in [6, 6.07) is 0.119. The van der Waals surface area contributed by atoms with Gasteiger partial charge in [-0.15, -0.1) is 0 Å². The van der Waals surface area contributed by atoms with Crippen molar-refractivity contribution in [1.82, 2.24) is 4.90 Å². The average Bonchev–Trinajstić information content (AvgIpc) is 3.59. The number of hydrogen-bond donors (Lipinski definition) is 1. The number of methoxy groups -OCH3 is 1. The molecule has 2 aliphatic heterocycles. The van der Waals surface area contributed by atoms with Gasteiger partial charge in [-0.3, -0.25) is 9.69 Å². The second-order valence-corrected chi connectivity index (χ2v) is 8.90. The third-order valence-electron chi connectivity index (χ3n) is 7.34. The summed E-state index contributed by atoms with van der Waals surface area (Å²) >= 11 is 0. The quantitative estimate of drug-likeness (QED) is 0.707. The molecule has 1 unspecified atom stereocenters. The van der Waals surface area contributed by atoms with Gasteiger partial charge in [0.1, 0.15) is 5.83 Å². The molecule has 2 heterocycles. The van der Waals surface area contributed by atoms with Crippen LogP contribution in [0.15, 0.2) is 24.1 Å². The van der Waals surface area contributed by atoms with Crippen LogP contribution in [0.1, 0.15) is 38.5 Å². The van der Waals surface area contributed by atoms with Crippen molar-refractivity contribution in [3.63, 3.8) is 0 Å². The van der Waals surface area contributed by atoms with Gasteiger partial charge in [0.2, 0.25) is 0 Å². The molecule has 5 atom stereocenters. The Morgan fingerprint density at radius 1 is 1.31 bits per heavy atom. The lowest BCUT2D eigenvalue weighted by Gasteiger charge is -2.46. The third kappa shape index (κ3) is 3.99. The van der Waals surface area contributed by atoms with Crippen molar-refractivity contribution in [2.75, 3.05) is 26.8 Å². The van der Waals surface area contributed by atoms with Crippen molar-refractivity contribution in [1.29, 1.82) is 0 Å². The second kappa shape index (κ2) is 8.19. The molecule has 2 saturated heterocycles. The van der Waals surface area contributed by atoms with Crippen LogP contribution in [-0.4, -0.2) is 60.4 Å². The lowest BCUT2D eigenvalue weighted by Crippen LogP contribution is -2.56. The zero-order chi connectivity index (χ0) is 20.6. The summed E-state index contributed by atoms with van der Waals surface area (Å²) in [4.78, 5) is 26.6. The van der Waals surface area contributed by atoms with Crippen LogP contribution in [0.4, 0.5) is 4.39 Å². The minimum atomic E-state index is -1.01. The summed E-state index contributed by atoms with van der Waals surface area (Å²) in [5.41, 5.74) is -1.01. The number of hydrogen-bond acceptors (Lipinski definition) is 5. The highest BCUT2D eigenvalue weighted by Gasteiger charge is 2.55. The normalized spacial score (nSPS) is 38.3. The maximum absolute atomic E-state index is 13.4. The van der Waals surface area contributed by atoms with E-state index in [1.807, 2.05) is 6.08 Å².